The number of fused-ring (bicyclic) bond motifs is 1. The van der Waals surface area contributed by atoms with Gasteiger partial charge in [-0.25, -0.2) is 4.98 Å². The van der Waals surface area contributed by atoms with Crippen molar-refractivity contribution >= 4 is 22.5 Å². The predicted octanol–water partition coefficient (Wildman–Crippen LogP) is 4.55. The van der Waals surface area contributed by atoms with Gasteiger partial charge in [0.25, 0.3) is 5.91 Å². The molecule has 1 amide bonds. The van der Waals surface area contributed by atoms with E-state index in [4.69, 9.17) is 0 Å². The van der Waals surface area contributed by atoms with Crippen LogP contribution in [0.4, 0.5) is 5.69 Å². The normalized spacial score (nSPS) is 10.6. The van der Waals surface area contributed by atoms with E-state index in [9.17, 15) is 4.79 Å². The van der Waals surface area contributed by atoms with Crippen LogP contribution in [-0.4, -0.2) is 15.9 Å². The van der Waals surface area contributed by atoms with Crippen molar-refractivity contribution in [3.05, 3.63) is 90.8 Å². The maximum atomic E-state index is 12.5. The lowest BCUT2D eigenvalue weighted by Crippen LogP contribution is -2.13. The summed E-state index contributed by atoms with van der Waals surface area (Å²) in [4.78, 5) is 21.3. The summed E-state index contributed by atoms with van der Waals surface area (Å²) < 4.78 is 0. The van der Waals surface area contributed by atoms with Crippen molar-refractivity contribution in [3.63, 3.8) is 0 Å². The smallest absolute Gasteiger partial charge is 0.274 e. The van der Waals surface area contributed by atoms with Gasteiger partial charge in [0.1, 0.15) is 5.69 Å². The van der Waals surface area contributed by atoms with Gasteiger partial charge in [-0.15, -0.1) is 0 Å². The zero-order valence-corrected chi connectivity index (χ0v) is 13.4. The van der Waals surface area contributed by atoms with Crippen molar-refractivity contribution in [2.24, 2.45) is 0 Å². The molecule has 2 heterocycles. The largest absolute Gasteiger partial charge is 0.321 e. The molecular weight excluding hydrogens is 310 g/mol. The molecule has 120 valence electrons. The van der Waals surface area contributed by atoms with E-state index in [2.05, 4.69) is 15.3 Å². The number of carbonyl (C=O) groups is 1. The van der Waals surface area contributed by atoms with Crippen molar-refractivity contribution in [3.8, 4) is 11.3 Å². The van der Waals surface area contributed by atoms with Crippen LogP contribution >= 0.6 is 0 Å². The lowest BCUT2D eigenvalue weighted by Gasteiger charge is -2.07. The van der Waals surface area contributed by atoms with E-state index < -0.39 is 0 Å². The molecule has 0 fully saturated rings. The van der Waals surface area contributed by atoms with Gasteiger partial charge in [-0.1, -0.05) is 42.5 Å². The molecule has 0 spiro atoms. The van der Waals surface area contributed by atoms with Gasteiger partial charge in [-0.2, -0.15) is 0 Å². The van der Waals surface area contributed by atoms with Gasteiger partial charge in [0.2, 0.25) is 0 Å². The third-order valence-corrected chi connectivity index (χ3v) is 3.91. The predicted molar refractivity (Wildman–Crippen MR) is 99.4 cm³/mol. The second kappa shape index (κ2) is 6.53. The molecule has 4 aromatic rings. The number of aromatic nitrogens is 2. The van der Waals surface area contributed by atoms with Crippen molar-refractivity contribution in [2.75, 3.05) is 5.32 Å². The molecule has 0 saturated carbocycles. The molecule has 0 radical (unpaired) electrons. The Morgan fingerprint density at radius 3 is 2.60 bits per heavy atom. The zero-order chi connectivity index (χ0) is 17.1. The van der Waals surface area contributed by atoms with E-state index in [1.165, 1.54) is 0 Å². The van der Waals surface area contributed by atoms with Crippen molar-refractivity contribution in [1.29, 1.82) is 0 Å². The van der Waals surface area contributed by atoms with E-state index >= 15 is 0 Å². The van der Waals surface area contributed by atoms with Crippen molar-refractivity contribution in [2.45, 2.75) is 0 Å². The van der Waals surface area contributed by atoms with E-state index in [0.29, 0.717) is 11.4 Å². The maximum Gasteiger partial charge on any atom is 0.274 e. The van der Waals surface area contributed by atoms with Gasteiger partial charge in [0.15, 0.2) is 0 Å². The molecule has 0 aliphatic rings. The van der Waals surface area contributed by atoms with Crippen LogP contribution in [0.1, 0.15) is 10.5 Å². The number of amides is 1. The van der Waals surface area contributed by atoms with Crippen LogP contribution in [0.25, 0.3) is 22.2 Å². The summed E-state index contributed by atoms with van der Waals surface area (Å²) in [6, 6.07) is 24.7. The number of hydrogen-bond donors (Lipinski definition) is 1. The molecule has 0 aliphatic heterocycles. The monoisotopic (exact) mass is 325 g/mol. The number of pyridine rings is 2. The molecule has 4 rings (SSSR count). The highest BCUT2D eigenvalue weighted by molar-refractivity contribution is 6.04. The van der Waals surface area contributed by atoms with E-state index in [-0.39, 0.29) is 5.91 Å². The van der Waals surface area contributed by atoms with Gasteiger partial charge >= 0.3 is 0 Å². The third-order valence-electron chi connectivity index (χ3n) is 3.91. The lowest BCUT2D eigenvalue weighted by atomic mass is 10.1. The van der Waals surface area contributed by atoms with Crippen molar-refractivity contribution in [1.82, 2.24) is 9.97 Å². The molecule has 4 nitrogen and oxygen atoms in total. The second-order valence-electron chi connectivity index (χ2n) is 5.64. The number of nitrogens with one attached hydrogen (secondary N) is 1. The number of rotatable bonds is 3. The number of para-hydroxylation sites is 1. The second-order valence-corrected chi connectivity index (χ2v) is 5.64. The molecule has 0 saturated heterocycles. The average molecular weight is 325 g/mol. The Bertz CT molecular complexity index is 1040. The molecule has 4 heteroatoms. The molecule has 2 aromatic heterocycles. The molecule has 25 heavy (non-hydrogen) atoms. The van der Waals surface area contributed by atoms with Gasteiger partial charge in [-0.05, 0) is 36.4 Å². The molecule has 2 aromatic carbocycles. The minimum atomic E-state index is -0.232. The maximum absolute atomic E-state index is 12.5. The van der Waals surface area contributed by atoms with Crippen molar-refractivity contribution < 1.29 is 4.79 Å². The average Bonchev–Trinajstić information content (AvgIpc) is 2.68. The number of anilines is 1. The molecular formula is C21H15N3O. The Morgan fingerprint density at radius 2 is 1.72 bits per heavy atom. The van der Waals surface area contributed by atoms with Crippen LogP contribution in [0, 0.1) is 0 Å². The minimum absolute atomic E-state index is 0.232. The summed E-state index contributed by atoms with van der Waals surface area (Å²) in [5.41, 5.74) is 3.72. The van der Waals surface area contributed by atoms with E-state index in [0.717, 1.165) is 22.2 Å². The van der Waals surface area contributed by atoms with Gasteiger partial charge < -0.3 is 5.32 Å². The number of nitrogens with zero attached hydrogens (tertiary/aromatic N) is 2. The third kappa shape index (κ3) is 3.23. The highest BCUT2D eigenvalue weighted by atomic mass is 16.1. The standard InChI is InChI=1S/C21H15N3O/c25-21(20-12-11-15-6-1-2-10-19(15)24-20)23-17-8-5-7-16(14-17)18-9-3-4-13-22-18/h1-14H,(H,23,25). The summed E-state index contributed by atoms with van der Waals surface area (Å²) >= 11 is 0. The van der Waals surface area contributed by atoms with E-state index in [1.54, 1.807) is 12.3 Å². The first-order chi connectivity index (χ1) is 12.3. The Morgan fingerprint density at radius 1 is 0.840 bits per heavy atom. The Balaban J connectivity index is 1.60. The van der Waals surface area contributed by atoms with Gasteiger partial charge in [-0.3, -0.25) is 9.78 Å². The van der Waals surface area contributed by atoms with Crippen LogP contribution in [-0.2, 0) is 0 Å². The molecule has 0 aliphatic carbocycles. The summed E-state index contributed by atoms with van der Waals surface area (Å²) in [7, 11) is 0. The van der Waals surface area contributed by atoms with Gasteiger partial charge in [0, 0.05) is 22.8 Å². The summed E-state index contributed by atoms with van der Waals surface area (Å²) in [5.74, 6) is -0.232. The fourth-order valence-corrected chi connectivity index (χ4v) is 2.68. The van der Waals surface area contributed by atoms with Crippen LogP contribution in [0.2, 0.25) is 0 Å². The first-order valence-electron chi connectivity index (χ1n) is 7.98. The number of benzene rings is 2. The first kappa shape index (κ1) is 15.0. The molecule has 0 atom stereocenters. The molecule has 1 N–H and O–H groups in total. The van der Waals surface area contributed by atoms with Crippen LogP contribution in [0.15, 0.2) is 85.1 Å². The Kier molecular flexibility index (Phi) is 3.92. The molecule has 0 unspecified atom stereocenters. The highest BCUT2D eigenvalue weighted by Crippen LogP contribution is 2.21. The minimum Gasteiger partial charge on any atom is -0.321 e. The highest BCUT2D eigenvalue weighted by Gasteiger charge is 2.09. The van der Waals surface area contributed by atoms with E-state index in [1.807, 2.05) is 72.8 Å². The van der Waals surface area contributed by atoms with Crippen LogP contribution in [0.3, 0.4) is 0 Å². The lowest BCUT2D eigenvalue weighted by molar-refractivity contribution is 0.102. The zero-order valence-electron chi connectivity index (χ0n) is 13.4. The van der Waals surface area contributed by atoms with Gasteiger partial charge in [0.05, 0.1) is 11.2 Å². The summed E-state index contributed by atoms with van der Waals surface area (Å²) in [6.07, 6.45) is 1.75. The quantitative estimate of drug-likeness (QED) is 0.601. The number of carbonyl (C=O) groups excluding carboxylic acids is 1. The Labute approximate surface area is 145 Å². The van der Waals surface area contributed by atoms with Crippen LogP contribution in [0.5, 0.6) is 0 Å². The Hall–Kier alpha value is -3.53. The fourth-order valence-electron chi connectivity index (χ4n) is 2.68. The number of hydrogen-bond acceptors (Lipinski definition) is 3. The van der Waals surface area contributed by atoms with Crippen LogP contribution < -0.4 is 5.32 Å². The summed E-state index contributed by atoms with van der Waals surface area (Å²) in [6.45, 7) is 0. The fraction of sp³-hybridized carbons (Fsp3) is 0. The molecule has 0 bridgehead atoms. The SMILES string of the molecule is O=C(Nc1cccc(-c2ccccn2)c1)c1ccc2ccccc2n1. The summed E-state index contributed by atoms with van der Waals surface area (Å²) in [5, 5.41) is 3.91. The topological polar surface area (TPSA) is 54.9 Å². The first-order valence-corrected chi connectivity index (χ1v) is 7.98.